The molecule has 6 heteroatoms. The van der Waals surface area contributed by atoms with Crippen molar-refractivity contribution in [2.24, 2.45) is 0 Å². The van der Waals surface area contributed by atoms with Gasteiger partial charge in [0, 0.05) is 34.6 Å². The van der Waals surface area contributed by atoms with E-state index in [1.54, 1.807) is 11.3 Å². The molecule has 2 nitrogen and oxygen atoms in total. The van der Waals surface area contributed by atoms with Gasteiger partial charge in [-0.1, -0.05) is 40.9 Å². The molecule has 22 heavy (non-hydrogen) atoms. The summed E-state index contributed by atoms with van der Waals surface area (Å²) < 4.78 is 0.804. The summed E-state index contributed by atoms with van der Waals surface area (Å²) in [5.74, 6) is 0. The maximum atomic E-state index is 6.49. The van der Waals surface area contributed by atoms with Gasteiger partial charge in [-0.05, 0) is 42.8 Å². The maximum absolute atomic E-state index is 6.49. The van der Waals surface area contributed by atoms with Gasteiger partial charge in [0.25, 0.3) is 0 Å². The Morgan fingerprint density at radius 1 is 1.05 bits per heavy atom. The van der Waals surface area contributed by atoms with E-state index in [9.17, 15) is 0 Å². The largest absolute Gasteiger partial charge is 0.315 e. The first-order valence-electron chi connectivity index (χ1n) is 7.30. The Morgan fingerprint density at radius 3 is 2.64 bits per heavy atom. The second-order valence-corrected chi connectivity index (χ2v) is 7.94. The predicted molar refractivity (Wildman–Crippen MR) is 96.7 cm³/mol. The first kappa shape index (κ1) is 16.6. The van der Waals surface area contributed by atoms with Gasteiger partial charge in [0.1, 0.15) is 0 Å². The topological polar surface area (TPSA) is 15.3 Å². The van der Waals surface area contributed by atoms with E-state index < -0.39 is 0 Å². The van der Waals surface area contributed by atoms with Gasteiger partial charge in [-0.2, -0.15) is 0 Å². The smallest absolute Gasteiger partial charge is 0.0931 e. The van der Waals surface area contributed by atoms with Gasteiger partial charge in [-0.3, -0.25) is 4.90 Å². The number of hydrogen-bond donors (Lipinski definition) is 1. The van der Waals surface area contributed by atoms with Gasteiger partial charge in [0.2, 0.25) is 0 Å². The molecule has 0 aliphatic carbocycles. The zero-order valence-corrected chi connectivity index (χ0v) is 15.1. The monoisotopic (exact) mass is 374 g/mol. The maximum Gasteiger partial charge on any atom is 0.0931 e. The van der Waals surface area contributed by atoms with Crippen molar-refractivity contribution < 1.29 is 0 Å². The van der Waals surface area contributed by atoms with Crippen molar-refractivity contribution in [3.63, 3.8) is 0 Å². The van der Waals surface area contributed by atoms with Gasteiger partial charge in [-0.15, -0.1) is 11.3 Å². The van der Waals surface area contributed by atoms with Gasteiger partial charge >= 0.3 is 0 Å². The number of rotatable bonds is 3. The summed E-state index contributed by atoms with van der Waals surface area (Å²) in [6.07, 6.45) is 1.13. The van der Waals surface area contributed by atoms with Crippen molar-refractivity contribution in [2.45, 2.75) is 12.5 Å². The lowest BCUT2D eigenvalue weighted by Crippen LogP contribution is -2.32. The van der Waals surface area contributed by atoms with E-state index in [0.717, 1.165) is 42.5 Å². The van der Waals surface area contributed by atoms with Crippen LogP contribution in [-0.4, -0.2) is 31.1 Å². The molecule has 1 aromatic carbocycles. The van der Waals surface area contributed by atoms with Gasteiger partial charge < -0.3 is 5.32 Å². The first-order valence-corrected chi connectivity index (χ1v) is 9.25. The molecule has 1 aromatic heterocycles. The number of benzene rings is 1. The minimum Gasteiger partial charge on any atom is -0.315 e. The predicted octanol–water partition coefficient (Wildman–Crippen LogP) is 5.09. The Morgan fingerprint density at radius 2 is 1.91 bits per heavy atom. The molecule has 0 saturated carbocycles. The SMILES string of the molecule is Clc1ccc(C(c2ccc(Cl)s2)N2CCCNCC2)c(Cl)c1. The van der Waals surface area contributed by atoms with Crippen molar-refractivity contribution in [1.82, 2.24) is 10.2 Å². The molecule has 1 atom stereocenters. The van der Waals surface area contributed by atoms with Crippen molar-refractivity contribution in [2.75, 3.05) is 26.2 Å². The summed E-state index contributed by atoms with van der Waals surface area (Å²) in [5, 5.41) is 4.81. The fourth-order valence-corrected chi connectivity index (χ4v) is 4.58. The Bertz CT molecular complexity index is 636. The number of halogens is 3. The van der Waals surface area contributed by atoms with Crippen LogP contribution in [0.2, 0.25) is 14.4 Å². The molecule has 1 aliphatic rings. The average Bonchev–Trinajstić information content (AvgIpc) is 2.74. The minimum atomic E-state index is 0.127. The van der Waals surface area contributed by atoms with Gasteiger partial charge in [0.15, 0.2) is 0 Å². The minimum absolute atomic E-state index is 0.127. The molecule has 1 aliphatic heterocycles. The molecular weight excluding hydrogens is 359 g/mol. The zero-order chi connectivity index (χ0) is 15.5. The van der Waals surface area contributed by atoms with Crippen molar-refractivity contribution in [3.8, 4) is 0 Å². The van der Waals surface area contributed by atoms with Gasteiger partial charge in [-0.25, -0.2) is 0 Å². The van der Waals surface area contributed by atoms with E-state index in [1.807, 2.05) is 24.3 Å². The molecule has 1 N–H and O–H groups in total. The van der Waals surface area contributed by atoms with E-state index in [-0.39, 0.29) is 6.04 Å². The van der Waals surface area contributed by atoms with Crippen LogP contribution in [0.15, 0.2) is 30.3 Å². The number of hydrogen-bond acceptors (Lipinski definition) is 3. The highest BCUT2D eigenvalue weighted by atomic mass is 35.5. The quantitative estimate of drug-likeness (QED) is 0.803. The molecule has 118 valence electrons. The van der Waals surface area contributed by atoms with Crippen molar-refractivity contribution in [1.29, 1.82) is 0 Å². The van der Waals surface area contributed by atoms with Crippen LogP contribution in [0, 0.1) is 0 Å². The second kappa shape index (κ2) is 7.52. The third-order valence-corrected chi connectivity index (χ3v) is 5.71. The lowest BCUT2D eigenvalue weighted by atomic mass is 10.0. The third kappa shape index (κ3) is 3.78. The van der Waals surface area contributed by atoms with Crippen LogP contribution < -0.4 is 5.32 Å². The van der Waals surface area contributed by atoms with Crippen LogP contribution in [0.3, 0.4) is 0 Å². The van der Waals surface area contributed by atoms with E-state index in [1.165, 1.54) is 4.88 Å². The second-order valence-electron chi connectivity index (χ2n) is 5.35. The fraction of sp³-hybridized carbons (Fsp3) is 0.375. The van der Waals surface area contributed by atoms with E-state index >= 15 is 0 Å². The van der Waals surface area contributed by atoms with Crippen molar-refractivity contribution in [3.05, 3.63) is 55.2 Å². The summed E-state index contributed by atoms with van der Waals surface area (Å²) in [5.41, 5.74) is 1.09. The molecule has 3 rings (SSSR count). The standard InChI is InChI=1S/C16H17Cl3N2S/c17-11-2-3-12(13(18)10-11)16(14-4-5-15(19)22-14)21-8-1-6-20-7-9-21/h2-5,10,16,20H,1,6-9H2. The third-order valence-electron chi connectivity index (χ3n) is 3.86. The highest BCUT2D eigenvalue weighted by molar-refractivity contribution is 7.16. The molecule has 0 radical (unpaired) electrons. The number of nitrogens with one attached hydrogen (secondary N) is 1. The van der Waals surface area contributed by atoms with Crippen LogP contribution in [-0.2, 0) is 0 Å². The van der Waals surface area contributed by atoms with Crippen LogP contribution in [0.25, 0.3) is 0 Å². The van der Waals surface area contributed by atoms with Crippen molar-refractivity contribution >= 4 is 46.1 Å². The van der Waals surface area contributed by atoms with Crippen LogP contribution in [0.5, 0.6) is 0 Å². The molecule has 2 aromatic rings. The highest BCUT2D eigenvalue weighted by Gasteiger charge is 2.26. The molecule has 2 heterocycles. The molecule has 1 fully saturated rings. The molecule has 0 spiro atoms. The number of nitrogens with zero attached hydrogens (tertiary/aromatic N) is 1. The van der Waals surface area contributed by atoms with Crippen LogP contribution in [0.1, 0.15) is 22.9 Å². The van der Waals surface area contributed by atoms with E-state index in [2.05, 4.69) is 16.3 Å². The molecule has 0 bridgehead atoms. The normalized spacial score (nSPS) is 18.1. The van der Waals surface area contributed by atoms with Gasteiger partial charge in [0.05, 0.1) is 10.4 Å². The lowest BCUT2D eigenvalue weighted by Gasteiger charge is -2.30. The summed E-state index contributed by atoms with van der Waals surface area (Å²) in [6.45, 7) is 4.06. The van der Waals surface area contributed by atoms with E-state index in [4.69, 9.17) is 34.8 Å². The number of thiophene rings is 1. The van der Waals surface area contributed by atoms with E-state index in [0.29, 0.717) is 10.0 Å². The Hall–Kier alpha value is -0.290. The summed E-state index contributed by atoms with van der Waals surface area (Å²) in [7, 11) is 0. The molecule has 1 saturated heterocycles. The summed E-state index contributed by atoms with van der Waals surface area (Å²) in [4.78, 5) is 3.69. The molecule has 1 unspecified atom stereocenters. The summed E-state index contributed by atoms with van der Waals surface area (Å²) >= 11 is 20.3. The summed E-state index contributed by atoms with van der Waals surface area (Å²) in [6, 6.07) is 9.93. The lowest BCUT2D eigenvalue weighted by molar-refractivity contribution is 0.244. The molecular formula is C16H17Cl3N2S. The van der Waals surface area contributed by atoms with Crippen LogP contribution in [0.4, 0.5) is 0 Å². The zero-order valence-electron chi connectivity index (χ0n) is 12.0. The average molecular weight is 376 g/mol. The first-order chi connectivity index (χ1) is 10.6. The van der Waals surface area contributed by atoms with Crippen LogP contribution >= 0.6 is 46.1 Å². The molecule has 0 amide bonds. The Labute approximate surface area is 150 Å². The highest BCUT2D eigenvalue weighted by Crippen LogP contribution is 2.39. The fourth-order valence-electron chi connectivity index (χ4n) is 2.85. The Kier molecular flexibility index (Phi) is 5.66. The Balaban J connectivity index is 2.01.